The molecule has 2 N–H and O–H groups in total. The van der Waals surface area contributed by atoms with Gasteiger partial charge in [-0.25, -0.2) is 9.78 Å². The van der Waals surface area contributed by atoms with Crippen LogP contribution < -0.4 is 10.6 Å². The SMILES string of the molecule is Cc1ccc(NC(=O)NC(=O)C(C)Sc2nc(C)cc(C)c2C#N)c(C)c1. The Kier molecular flexibility index (Phi) is 6.59. The van der Waals surface area contributed by atoms with E-state index in [0.717, 1.165) is 34.1 Å². The smallest absolute Gasteiger partial charge is 0.307 e. The fraction of sp³-hybridized carbons (Fsp3) is 0.300. The van der Waals surface area contributed by atoms with Gasteiger partial charge in [-0.05, 0) is 57.9 Å². The van der Waals surface area contributed by atoms with Gasteiger partial charge in [0.15, 0.2) is 0 Å². The van der Waals surface area contributed by atoms with E-state index in [1.165, 1.54) is 0 Å². The Hall–Kier alpha value is -2.85. The molecule has 1 aromatic heterocycles. The van der Waals surface area contributed by atoms with Gasteiger partial charge in [0, 0.05) is 11.4 Å². The summed E-state index contributed by atoms with van der Waals surface area (Å²) in [7, 11) is 0. The summed E-state index contributed by atoms with van der Waals surface area (Å²) >= 11 is 1.16. The lowest BCUT2D eigenvalue weighted by Crippen LogP contribution is -2.39. The van der Waals surface area contributed by atoms with Crippen LogP contribution in [0.2, 0.25) is 0 Å². The van der Waals surface area contributed by atoms with Gasteiger partial charge in [0.2, 0.25) is 5.91 Å². The number of hydrogen-bond donors (Lipinski definition) is 2. The van der Waals surface area contributed by atoms with Crippen molar-refractivity contribution in [3.8, 4) is 6.07 Å². The van der Waals surface area contributed by atoms with Crippen molar-refractivity contribution in [2.24, 2.45) is 0 Å². The first-order valence-corrected chi connectivity index (χ1v) is 9.33. The van der Waals surface area contributed by atoms with Crippen LogP contribution in [0, 0.1) is 39.0 Å². The van der Waals surface area contributed by atoms with Crippen LogP contribution in [-0.2, 0) is 4.79 Å². The van der Waals surface area contributed by atoms with Crippen LogP contribution in [0.4, 0.5) is 10.5 Å². The molecule has 1 heterocycles. The Morgan fingerprint density at radius 1 is 1.15 bits per heavy atom. The van der Waals surface area contributed by atoms with E-state index < -0.39 is 17.2 Å². The molecule has 0 bridgehead atoms. The van der Waals surface area contributed by atoms with Crippen LogP contribution in [-0.4, -0.2) is 22.2 Å². The van der Waals surface area contributed by atoms with Crippen molar-refractivity contribution in [3.63, 3.8) is 0 Å². The summed E-state index contributed by atoms with van der Waals surface area (Å²) in [6.45, 7) is 9.19. The molecule has 0 saturated carbocycles. The van der Waals surface area contributed by atoms with E-state index in [1.54, 1.807) is 13.0 Å². The number of imide groups is 1. The van der Waals surface area contributed by atoms with E-state index >= 15 is 0 Å². The normalized spacial score (nSPS) is 11.4. The maximum Gasteiger partial charge on any atom is 0.325 e. The molecule has 27 heavy (non-hydrogen) atoms. The fourth-order valence-electron chi connectivity index (χ4n) is 2.57. The van der Waals surface area contributed by atoms with Gasteiger partial charge < -0.3 is 5.32 Å². The summed E-state index contributed by atoms with van der Waals surface area (Å²) in [4.78, 5) is 28.8. The fourth-order valence-corrected chi connectivity index (χ4v) is 3.59. The van der Waals surface area contributed by atoms with E-state index in [1.807, 2.05) is 45.9 Å². The van der Waals surface area contributed by atoms with E-state index in [2.05, 4.69) is 21.7 Å². The number of rotatable bonds is 4. The minimum atomic E-state index is -0.590. The standard InChI is InChI=1S/C20H22N4O2S/c1-11-6-7-17(13(3)8-11)23-20(26)24-18(25)15(5)27-19-16(10-21)12(2)9-14(4)22-19/h6-9,15H,1-5H3,(H2,23,24,25,26). The zero-order chi connectivity index (χ0) is 20.1. The molecule has 0 aliphatic rings. The average molecular weight is 382 g/mol. The van der Waals surface area contributed by atoms with Crippen molar-refractivity contribution in [3.05, 3.63) is 52.2 Å². The first-order chi connectivity index (χ1) is 12.7. The highest BCUT2D eigenvalue weighted by atomic mass is 32.2. The highest BCUT2D eigenvalue weighted by molar-refractivity contribution is 8.00. The second-order valence-corrected chi connectivity index (χ2v) is 7.72. The maximum atomic E-state index is 12.4. The number of aryl methyl sites for hydroxylation is 4. The van der Waals surface area contributed by atoms with Gasteiger partial charge in [0.25, 0.3) is 0 Å². The molecule has 6 nitrogen and oxygen atoms in total. The lowest BCUT2D eigenvalue weighted by Gasteiger charge is -2.14. The molecular weight excluding hydrogens is 360 g/mol. The molecule has 2 aromatic rings. The number of hydrogen-bond acceptors (Lipinski definition) is 5. The molecular formula is C20H22N4O2S. The number of anilines is 1. The number of nitrogens with one attached hydrogen (secondary N) is 2. The van der Waals surface area contributed by atoms with Crippen molar-refractivity contribution < 1.29 is 9.59 Å². The molecule has 0 saturated heterocycles. The summed E-state index contributed by atoms with van der Waals surface area (Å²) < 4.78 is 0. The summed E-state index contributed by atoms with van der Waals surface area (Å²) in [5.74, 6) is -0.452. The molecule has 1 unspecified atom stereocenters. The number of amides is 3. The van der Waals surface area contributed by atoms with E-state index in [-0.39, 0.29) is 0 Å². The number of urea groups is 1. The summed E-state index contributed by atoms with van der Waals surface area (Å²) in [5.41, 5.74) is 4.69. The van der Waals surface area contributed by atoms with Crippen LogP contribution >= 0.6 is 11.8 Å². The minimum absolute atomic E-state index is 0.449. The van der Waals surface area contributed by atoms with Crippen LogP contribution in [0.3, 0.4) is 0 Å². The Bertz CT molecular complexity index is 934. The highest BCUT2D eigenvalue weighted by Gasteiger charge is 2.20. The monoisotopic (exact) mass is 382 g/mol. The molecule has 7 heteroatoms. The van der Waals surface area contributed by atoms with Crippen molar-refractivity contribution >= 4 is 29.4 Å². The predicted molar refractivity (Wildman–Crippen MR) is 107 cm³/mol. The topological polar surface area (TPSA) is 94.9 Å². The third kappa shape index (κ3) is 5.31. The molecule has 1 atom stereocenters. The molecule has 0 radical (unpaired) electrons. The Morgan fingerprint density at radius 2 is 1.85 bits per heavy atom. The molecule has 140 valence electrons. The van der Waals surface area contributed by atoms with Gasteiger partial charge in [-0.2, -0.15) is 5.26 Å². The molecule has 1 aromatic carbocycles. The number of thioether (sulfide) groups is 1. The van der Waals surface area contributed by atoms with Gasteiger partial charge in [0.1, 0.15) is 11.1 Å². The Labute approximate surface area is 163 Å². The zero-order valence-electron chi connectivity index (χ0n) is 16.0. The van der Waals surface area contributed by atoms with Crippen molar-refractivity contribution in [2.75, 3.05) is 5.32 Å². The van der Waals surface area contributed by atoms with Gasteiger partial charge in [-0.1, -0.05) is 29.5 Å². The number of nitrogens with zero attached hydrogens (tertiary/aromatic N) is 2. The summed E-state index contributed by atoms with van der Waals surface area (Å²) in [6, 6.07) is 8.99. The lowest BCUT2D eigenvalue weighted by atomic mass is 10.1. The zero-order valence-corrected chi connectivity index (χ0v) is 16.8. The van der Waals surface area contributed by atoms with Crippen molar-refractivity contribution in [1.29, 1.82) is 5.26 Å². The van der Waals surface area contributed by atoms with Crippen molar-refractivity contribution in [1.82, 2.24) is 10.3 Å². The summed E-state index contributed by atoms with van der Waals surface area (Å²) in [5, 5.41) is 14.3. The molecule has 0 spiro atoms. The molecule has 0 fully saturated rings. The van der Waals surface area contributed by atoms with Crippen LogP contribution in [0.15, 0.2) is 29.3 Å². The summed E-state index contributed by atoms with van der Waals surface area (Å²) in [6.07, 6.45) is 0. The van der Waals surface area contributed by atoms with Gasteiger partial charge in [0.05, 0.1) is 10.8 Å². The number of nitriles is 1. The first kappa shape index (κ1) is 20.5. The van der Waals surface area contributed by atoms with Crippen LogP contribution in [0.5, 0.6) is 0 Å². The third-order valence-electron chi connectivity index (χ3n) is 3.95. The second kappa shape index (κ2) is 8.69. The second-order valence-electron chi connectivity index (χ2n) is 6.39. The number of pyridine rings is 1. The third-order valence-corrected chi connectivity index (χ3v) is 5.03. The molecule has 3 amide bonds. The van der Waals surface area contributed by atoms with E-state index in [9.17, 15) is 14.9 Å². The molecule has 2 rings (SSSR count). The Morgan fingerprint density at radius 3 is 2.48 bits per heavy atom. The van der Waals surface area contributed by atoms with Gasteiger partial charge >= 0.3 is 6.03 Å². The molecule has 0 aliphatic carbocycles. The highest BCUT2D eigenvalue weighted by Crippen LogP contribution is 2.27. The van der Waals surface area contributed by atoms with Crippen molar-refractivity contribution in [2.45, 2.75) is 44.9 Å². The lowest BCUT2D eigenvalue weighted by molar-refractivity contribution is -0.119. The average Bonchev–Trinajstić information content (AvgIpc) is 2.57. The Balaban J connectivity index is 2.04. The van der Waals surface area contributed by atoms with Gasteiger partial charge in [-0.3, -0.25) is 10.1 Å². The van der Waals surface area contributed by atoms with E-state index in [0.29, 0.717) is 16.3 Å². The van der Waals surface area contributed by atoms with Gasteiger partial charge in [-0.15, -0.1) is 0 Å². The predicted octanol–water partition coefficient (Wildman–Crippen LogP) is 4.02. The first-order valence-electron chi connectivity index (χ1n) is 8.45. The van der Waals surface area contributed by atoms with Crippen LogP contribution in [0.1, 0.15) is 34.9 Å². The quantitative estimate of drug-likeness (QED) is 0.779. The minimum Gasteiger partial charge on any atom is -0.307 e. The van der Waals surface area contributed by atoms with E-state index in [4.69, 9.17) is 0 Å². The maximum absolute atomic E-state index is 12.4. The van der Waals surface area contributed by atoms with Crippen LogP contribution in [0.25, 0.3) is 0 Å². The number of aromatic nitrogens is 1. The largest absolute Gasteiger partial charge is 0.325 e. The molecule has 0 aliphatic heterocycles. The number of carbonyl (C=O) groups excluding carboxylic acids is 2. The number of benzene rings is 1. The number of carbonyl (C=O) groups is 2.